The Balaban J connectivity index is 2.88. The van der Waals surface area contributed by atoms with Gasteiger partial charge in [-0.1, -0.05) is 0 Å². The predicted octanol–water partition coefficient (Wildman–Crippen LogP) is 1.98. The Morgan fingerprint density at radius 2 is 2.25 bits per heavy atom. The molecule has 0 spiro atoms. The zero-order valence-corrected chi connectivity index (χ0v) is 7.89. The number of halogens is 2. The van der Waals surface area contributed by atoms with Crippen LogP contribution in [0.2, 0.25) is 0 Å². The van der Waals surface area contributed by atoms with E-state index in [0.29, 0.717) is 0 Å². The highest BCUT2D eigenvalue weighted by molar-refractivity contribution is 14.1. The van der Waals surface area contributed by atoms with Crippen molar-refractivity contribution in [2.45, 2.75) is 6.92 Å². The van der Waals surface area contributed by atoms with E-state index < -0.39 is 0 Å². The highest BCUT2D eigenvalue weighted by atomic mass is 127. The summed E-state index contributed by atoms with van der Waals surface area (Å²) in [7, 11) is 0. The molecule has 0 unspecified atom stereocenters. The van der Waals surface area contributed by atoms with E-state index in [1.165, 1.54) is 0 Å². The minimum absolute atomic E-state index is 0.931. The molecule has 8 heavy (non-hydrogen) atoms. The highest BCUT2D eigenvalue weighted by Gasteiger charge is 2.11. The fourth-order valence-electron chi connectivity index (χ4n) is 0.356. The van der Waals surface area contributed by atoms with Crippen LogP contribution in [-0.2, 0) is 0 Å². The van der Waals surface area contributed by atoms with Gasteiger partial charge in [0, 0.05) is 0 Å². The summed E-state index contributed by atoms with van der Waals surface area (Å²) in [5, 5.41) is 3.81. The molecule has 0 aromatic carbocycles. The molecule has 0 bridgehead atoms. The van der Waals surface area contributed by atoms with Crippen LogP contribution in [0.4, 0.5) is 0 Å². The second-order valence-electron chi connectivity index (χ2n) is 1.39. The zero-order chi connectivity index (χ0) is 6.15. The molecule has 0 N–H and O–H groups in total. The van der Waals surface area contributed by atoms with Crippen LogP contribution in [0.1, 0.15) is 6.92 Å². The summed E-state index contributed by atoms with van der Waals surface area (Å²) in [6, 6.07) is 0. The van der Waals surface area contributed by atoms with Crippen molar-refractivity contribution in [1.82, 2.24) is 5.43 Å². The molecule has 0 fully saturated rings. The first-order chi connectivity index (χ1) is 3.72. The maximum absolute atomic E-state index is 3.81. The topological polar surface area (TPSA) is 26.5 Å². The van der Waals surface area contributed by atoms with E-state index in [1.807, 2.05) is 6.92 Å². The lowest BCUT2D eigenvalue weighted by Gasteiger charge is -1.84. The Morgan fingerprint density at radius 1 is 1.62 bits per heavy atom. The van der Waals surface area contributed by atoms with E-state index in [0.717, 1.165) is 13.9 Å². The summed E-state index contributed by atoms with van der Waals surface area (Å²) in [4.78, 5) is 0. The molecule has 0 atom stereocenters. The van der Waals surface area contributed by atoms with Crippen molar-refractivity contribution >= 4 is 42.2 Å². The van der Waals surface area contributed by atoms with Crippen LogP contribution >= 0.6 is 38.5 Å². The van der Waals surface area contributed by atoms with Gasteiger partial charge >= 0.3 is 0 Å². The molecule has 0 aromatic heterocycles. The Labute approximate surface area is 69.7 Å². The van der Waals surface area contributed by atoms with Gasteiger partial charge in [-0.25, -0.2) is 0 Å². The minimum Gasteiger partial charge on any atom is -0.154 e. The second kappa shape index (κ2) is 2.34. The Kier molecular flexibility index (Phi) is 1.92. The fraction of sp³-hybridized carbons (Fsp3) is 0.250. The average molecular weight is 286 g/mol. The van der Waals surface area contributed by atoms with Crippen molar-refractivity contribution in [3.63, 3.8) is 0 Å². The van der Waals surface area contributed by atoms with E-state index >= 15 is 0 Å². The summed E-state index contributed by atoms with van der Waals surface area (Å²) >= 11 is 5.44. The van der Waals surface area contributed by atoms with Crippen molar-refractivity contribution < 1.29 is 0 Å². The molecule has 1 rings (SSSR count). The first-order valence-electron chi connectivity index (χ1n) is 2.03. The normalized spacial score (nSPS) is 18.6. The van der Waals surface area contributed by atoms with Crippen molar-refractivity contribution in [3.8, 4) is 0 Å². The summed E-state index contributed by atoms with van der Waals surface area (Å²) in [5.41, 5.74) is 4.76. The van der Waals surface area contributed by atoms with Gasteiger partial charge in [0.2, 0.25) is 0 Å². The molecule has 2 nitrogen and oxygen atoms in total. The van der Waals surface area contributed by atoms with Gasteiger partial charge in [0.15, 0.2) is 0 Å². The third kappa shape index (κ3) is 1.05. The van der Waals surface area contributed by atoms with Gasteiger partial charge < -0.3 is 0 Å². The summed E-state index contributed by atoms with van der Waals surface area (Å²) in [5.74, 6) is 0. The molecule has 1 aliphatic heterocycles. The van der Waals surface area contributed by atoms with Crippen LogP contribution in [-0.4, -0.2) is 3.72 Å². The highest BCUT2D eigenvalue weighted by Crippen LogP contribution is 2.21. The van der Waals surface area contributed by atoms with E-state index in [2.05, 4.69) is 49.0 Å². The molecular weight excluding hydrogens is 283 g/mol. The molecule has 1 radical (unpaired) electrons. The summed E-state index contributed by atoms with van der Waals surface area (Å²) in [6.45, 7) is 1.92. The van der Waals surface area contributed by atoms with Gasteiger partial charge in [-0.15, -0.1) is 5.10 Å². The van der Waals surface area contributed by atoms with E-state index in [4.69, 9.17) is 0 Å². The average Bonchev–Trinajstić information content (AvgIpc) is 1.98. The largest absolute Gasteiger partial charge is 0.154 e. The third-order valence-electron chi connectivity index (χ3n) is 0.787. The minimum atomic E-state index is 0.931. The molecule has 0 amide bonds. The van der Waals surface area contributed by atoms with Crippen molar-refractivity contribution in [1.29, 1.82) is 0 Å². The van der Waals surface area contributed by atoms with Crippen LogP contribution in [0.3, 0.4) is 0 Å². The molecular formula is C4H3BrIN2. The Hall–Kier alpha value is 0.420. The third-order valence-corrected chi connectivity index (χ3v) is 3.23. The lowest BCUT2D eigenvalue weighted by Crippen LogP contribution is -1.83. The molecule has 1 aliphatic rings. The first-order valence-corrected chi connectivity index (χ1v) is 3.90. The molecule has 0 saturated heterocycles. The standard InChI is InChI=1S/C4H3BrIN2/c1-2-3(5)4(6)8-7-2/h1H3. The van der Waals surface area contributed by atoms with Crippen LogP contribution in [0.25, 0.3) is 0 Å². The van der Waals surface area contributed by atoms with Crippen molar-refractivity contribution in [3.05, 3.63) is 10.2 Å². The van der Waals surface area contributed by atoms with Gasteiger partial charge in [-0.05, 0) is 45.4 Å². The number of hydrogen-bond acceptors (Lipinski definition) is 1. The van der Waals surface area contributed by atoms with Crippen LogP contribution in [0.5, 0.6) is 0 Å². The van der Waals surface area contributed by atoms with Gasteiger partial charge in [0.25, 0.3) is 0 Å². The lowest BCUT2D eigenvalue weighted by molar-refractivity contribution is 0.896. The van der Waals surface area contributed by atoms with Gasteiger partial charge in [0.1, 0.15) is 3.72 Å². The van der Waals surface area contributed by atoms with E-state index in [-0.39, 0.29) is 0 Å². The first kappa shape index (κ1) is 6.54. The lowest BCUT2D eigenvalue weighted by atomic mass is 10.5. The fourth-order valence-corrected chi connectivity index (χ4v) is 1.01. The zero-order valence-electron chi connectivity index (χ0n) is 4.15. The van der Waals surface area contributed by atoms with Crippen LogP contribution in [0, 0.1) is 0 Å². The van der Waals surface area contributed by atoms with E-state index in [1.54, 1.807) is 0 Å². The number of allylic oxidation sites excluding steroid dienone is 2. The van der Waals surface area contributed by atoms with Crippen LogP contribution < -0.4 is 5.43 Å². The SMILES string of the molecule is CC1=C(Br)C(I)=N[N]1. The quantitative estimate of drug-likeness (QED) is 0.609. The van der Waals surface area contributed by atoms with Crippen molar-refractivity contribution in [2.75, 3.05) is 0 Å². The molecule has 4 heteroatoms. The number of rotatable bonds is 0. The maximum atomic E-state index is 3.81. The number of hydrogen-bond donors (Lipinski definition) is 0. The van der Waals surface area contributed by atoms with E-state index in [9.17, 15) is 0 Å². The monoisotopic (exact) mass is 285 g/mol. The van der Waals surface area contributed by atoms with Gasteiger partial charge in [-0.2, -0.15) is 5.43 Å². The van der Waals surface area contributed by atoms with Crippen LogP contribution in [0.15, 0.2) is 15.3 Å². The number of nitrogens with zero attached hydrogens (tertiary/aromatic N) is 2. The Bertz CT molecular complexity index is 167. The molecule has 1 heterocycles. The maximum Gasteiger partial charge on any atom is 0.139 e. The second-order valence-corrected chi connectivity index (χ2v) is 3.21. The summed E-state index contributed by atoms with van der Waals surface area (Å²) < 4.78 is 1.94. The Morgan fingerprint density at radius 3 is 2.38 bits per heavy atom. The molecule has 0 saturated carbocycles. The molecule has 43 valence electrons. The molecule has 0 aliphatic carbocycles. The molecule has 0 aromatic rings. The predicted molar refractivity (Wildman–Crippen MR) is 45.2 cm³/mol. The van der Waals surface area contributed by atoms with Gasteiger partial charge in [0.05, 0.1) is 10.2 Å². The van der Waals surface area contributed by atoms with Crippen molar-refractivity contribution in [2.24, 2.45) is 5.10 Å². The smallest absolute Gasteiger partial charge is 0.139 e. The van der Waals surface area contributed by atoms with Gasteiger partial charge in [-0.3, -0.25) is 0 Å². The summed E-state index contributed by atoms with van der Waals surface area (Å²) in [6.07, 6.45) is 0.